The molecule has 1 heterocycles. The quantitative estimate of drug-likeness (QED) is 0.830. The van der Waals surface area contributed by atoms with Gasteiger partial charge in [0.2, 0.25) is 0 Å². The molecule has 0 aromatic heterocycles. The molecule has 104 valence electrons. The van der Waals surface area contributed by atoms with Crippen molar-refractivity contribution in [2.75, 3.05) is 39.8 Å². The molecule has 0 unspecified atom stereocenters. The highest BCUT2D eigenvalue weighted by atomic mass is 16.5. The van der Waals surface area contributed by atoms with Crippen LogP contribution in [0.4, 0.5) is 0 Å². The number of para-hydroxylation sites is 1. The molecule has 0 N–H and O–H groups in total. The minimum Gasteiger partial charge on any atom is -0.493 e. The van der Waals surface area contributed by atoms with Gasteiger partial charge in [0, 0.05) is 26.2 Å². The van der Waals surface area contributed by atoms with Gasteiger partial charge < -0.3 is 14.5 Å². The summed E-state index contributed by atoms with van der Waals surface area (Å²) in [6.07, 6.45) is 0.942. The van der Waals surface area contributed by atoms with Gasteiger partial charge in [0.05, 0.1) is 12.2 Å². The van der Waals surface area contributed by atoms with Crippen molar-refractivity contribution in [2.24, 2.45) is 0 Å². The molecular formula is C15H22N2O2. The lowest BCUT2D eigenvalue weighted by molar-refractivity contribution is 0.0660. The zero-order valence-electron chi connectivity index (χ0n) is 11.8. The molecule has 0 spiro atoms. The number of piperazine rings is 1. The molecule has 0 atom stereocenters. The van der Waals surface area contributed by atoms with Crippen LogP contribution in [0.25, 0.3) is 0 Å². The second-order valence-electron chi connectivity index (χ2n) is 4.94. The van der Waals surface area contributed by atoms with E-state index in [9.17, 15) is 4.79 Å². The van der Waals surface area contributed by atoms with Gasteiger partial charge in [-0.25, -0.2) is 0 Å². The number of hydrogen-bond donors (Lipinski definition) is 0. The van der Waals surface area contributed by atoms with Crippen molar-refractivity contribution >= 4 is 5.91 Å². The maximum Gasteiger partial charge on any atom is 0.257 e. The van der Waals surface area contributed by atoms with E-state index in [-0.39, 0.29) is 5.91 Å². The molecule has 0 radical (unpaired) electrons. The molecule has 1 saturated heterocycles. The van der Waals surface area contributed by atoms with Crippen molar-refractivity contribution in [3.05, 3.63) is 29.8 Å². The van der Waals surface area contributed by atoms with Crippen molar-refractivity contribution in [3.63, 3.8) is 0 Å². The van der Waals surface area contributed by atoms with Gasteiger partial charge in [-0.3, -0.25) is 4.79 Å². The third-order valence-corrected chi connectivity index (χ3v) is 3.37. The summed E-state index contributed by atoms with van der Waals surface area (Å²) in [5.74, 6) is 0.785. The van der Waals surface area contributed by atoms with Gasteiger partial charge in [-0.15, -0.1) is 0 Å². The van der Waals surface area contributed by atoms with E-state index < -0.39 is 0 Å². The number of nitrogens with zero attached hydrogens (tertiary/aromatic N) is 2. The minimum absolute atomic E-state index is 0.0832. The second-order valence-corrected chi connectivity index (χ2v) is 4.94. The van der Waals surface area contributed by atoms with Gasteiger partial charge in [0.1, 0.15) is 5.75 Å². The van der Waals surface area contributed by atoms with Gasteiger partial charge in [-0.05, 0) is 25.6 Å². The summed E-state index contributed by atoms with van der Waals surface area (Å²) in [4.78, 5) is 16.7. The maximum atomic E-state index is 12.5. The number of carbonyl (C=O) groups is 1. The van der Waals surface area contributed by atoms with E-state index in [2.05, 4.69) is 18.9 Å². The highest BCUT2D eigenvalue weighted by Crippen LogP contribution is 2.20. The number of rotatable bonds is 4. The summed E-state index contributed by atoms with van der Waals surface area (Å²) in [6.45, 7) is 6.15. The first-order chi connectivity index (χ1) is 9.22. The fraction of sp³-hybridized carbons (Fsp3) is 0.533. The Morgan fingerprint density at radius 2 is 1.89 bits per heavy atom. The zero-order chi connectivity index (χ0) is 13.7. The van der Waals surface area contributed by atoms with E-state index in [1.165, 1.54) is 0 Å². The van der Waals surface area contributed by atoms with Crippen LogP contribution in [0.1, 0.15) is 23.7 Å². The number of amides is 1. The third-order valence-electron chi connectivity index (χ3n) is 3.37. The Kier molecular flexibility index (Phi) is 4.80. The fourth-order valence-electron chi connectivity index (χ4n) is 2.16. The molecule has 0 aliphatic carbocycles. The number of hydrogen-bond acceptors (Lipinski definition) is 3. The summed E-state index contributed by atoms with van der Waals surface area (Å²) in [5, 5.41) is 0. The van der Waals surface area contributed by atoms with Crippen LogP contribution >= 0.6 is 0 Å². The molecule has 0 saturated carbocycles. The number of benzene rings is 1. The summed E-state index contributed by atoms with van der Waals surface area (Å²) in [6, 6.07) is 7.53. The molecule has 4 nitrogen and oxygen atoms in total. The number of ether oxygens (including phenoxy) is 1. The van der Waals surface area contributed by atoms with Crippen LogP contribution in [-0.2, 0) is 0 Å². The molecule has 1 aliphatic heterocycles. The van der Waals surface area contributed by atoms with Crippen LogP contribution in [0.3, 0.4) is 0 Å². The van der Waals surface area contributed by atoms with Gasteiger partial charge in [-0.1, -0.05) is 19.1 Å². The second kappa shape index (κ2) is 6.57. The lowest BCUT2D eigenvalue weighted by atomic mass is 10.1. The van der Waals surface area contributed by atoms with E-state index in [0.717, 1.165) is 32.6 Å². The van der Waals surface area contributed by atoms with Crippen molar-refractivity contribution in [1.82, 2.24) is 9.80 Å². The molecule has 1 aromatic carbocycles. The Morgan fingerprint density at radius 1 is 1.21 bits per heavy atom. The molecule has 1 fully saturated rings. The summed E-state index contributed by atoms with van der Waals surface area (Å²) in [5.41, 5.74) is 0.681. The lowest BCUT2D eigenvalue weighted by Crippen LogP contribution is -2.47. The largest absolute Gasteiger partial charge is 0.493 e. The Bertz CT molecular complexity index is 426. The van der Waals surface area contributed by atoms with Crippen molar-refractivity contribution < 1.29 is 9.53 Å². The van der Waals surface area contributed by atoms with Gasteiger partial charge in [0.15, 0.2) is 0 Å². The van der Waals surface area contributed by atoms with E-state index >= 15 is 0 Å². The SMILES string of the molecule is CCCOc1ccccc1C(=O)N1CCN(C)CC1. The zero-order valence-corrected chi connectivity index (χ0v) is 11.8. The Balaban J connectivity index is 2.09. The smallest absolute Gasteiger partial charge is 0.257 e. The monoisotopic (exact) mass is 262 g/mol. The van der Waals surface area contributed by atoms with Crippen LogP contribution in [0.2, 0.25) is 0 Å². The minimum atomic E-state index is 0.0832. The normalized spacial score (nSPS) is 16.4. The van der Waals surface area contributed by atoms with Crippen LogP contribution in [0.5, 0.6) is 5.75 Å². The maximum absolute atomic E-state index is 12.5. The average Bonchev–Trinajstić information content (AvgIpc) is 2.45. The van der Waals surface area contributed by atoms with Crippen LogP contribution in [0, 0.1) is 0 Å². The predicted octanol–water partition coefficient (Wildman–Crippen LogP) is 1.86. The van der Waals surface area contributed by atoms with E-state index in [4.69, 9.17) is 4.74 Å². The molecule has 2 rings (SSSR count). The summed E-state index contributed by atoms with van der Waals surface area (Å²) < 4.78 is 5.66. The van der Waals surface area contributed by atoms with Crippen LogP contribution < -0.4 is 4.74 Å². The molecule has 4 heteroatoms. The average molecular weight is 262 g/mol. The molecule has 19 heavy (non-hydrogen) atoms. The standard InChI is InChI=1S/C15H22N2O2/c1-3-12-19-14-7-5-4-6-13(14)15(18)17-10-8-16(2)9-11-17/h4-7H,3,8-12H2,1-2H3. The van der Waals surface area contributed by atoms with Gasteiger partial charge >= 0.3 is 0 Å². The van der Waals surface area contributed by atoms with Gasteiger partial charge in [-0.2, -0.15) is 0 Å². The van der Waals surface area contributed by atoms with Crippen molar-refractivity contribution in [3.8, 4) is 5.75 Å². The number of carbonyl (C=O) groups excluding carboxylic acids is 1. The topological polar surface area (TPSA) is 32.8 Å². The van der Waals surface area contributed by atoms with Crippen molar-refractivity contribution in [1.29, 1.82) is 0 Å². The Labute approximate surface area is 115 Å². The first-order valence-corrected chi connectivity index (χ1v) is 6.92. The molecule has 1 aromatic rings. The van der Waals surface area contributed by atoms with Crippen LogP contribution in [-0.4, -0.2) is 55.5 Å². The van der Waals surface area contributed by atoms with Gasteiger partial charge in [0.25, 0.3) is 5.91 Å². The first kappa shape index (κ1) is 13.9. The Morgan fingerprint density at radius 3 is 2.58 bits per heavy atom. The summed E-state index contributed by atoms with van der Waals surface area (Å²) >= 11 is 0. The molecule has 1 amide bonds. The van der Waals surface area contributed by atoms with E-state index in [0.29, 0.717) is 17.9 Å². The fourth-order valence-corrected chi connectivity index (χ4v) is 2.16. The molecule has 0 bridgehead atoms. The van der Waals surface area contributed by atoms with Crippen LogP contribution in [0.15, 0.2) is 24.3 Å². The third kappa shape index (κ3) is 3.47. The predicted molar refractivity (Wildman–Crippen MR) is 75.6 cm³/mol. The number of likely N-dealkylation sites (N-methyl/N-ethyl adjacent to an activating group) is 1. The summed E-state index contributed by atoms with van der Waals surface area (Å²) in [7, 11) is 2.08. The molecular weight excluding hydrogens is 240 g/mol. The highest BCUT2D eigenvalue weighted by molar-refractivity contribution is 5.97. The van der Waals surface area contributed by atoms with E-state index in [1.54, 1.807) is 0 Å². The first-order valence-electron chi connectivity index (χ1n) is 6.92. The lowest BCUT2D eigenvalue weighted by Gasteiger charge is -2.32. The van der Waals surface area contributed by atoms with E-state index in [1.807, 2.05) is 29.2 Å². The Hall–Kier alpha value is -1.55. The molecule has 1 aliphatic rings. The highest BCUT2D eigenvalue weighted by Gasteiger charge is 2.22. The van der Waals surface area contributed by atoms with Crippen molar-refractivity contribution in [2.45, 2.75) is 13.3 Å².